The fraction of sp³-hybridized carbons (Fsp3) is 0.333. The lowest BCUT2D eigenvalue weighted by molar-refractivity contribution is -0.117. The summed E-state index contributed by atoms with van der Waals surface area (Å²) in [6.45, 7) is 2.45. The van der Waals surface area contributed by atoms with E-state index in [1.165, 1.54) is 0 Å². The van der Waals surface area contributed by atoms with Crippen LogP contribution in [0, 0.1) is 12.8 Å². The van der Waals surface area contributed by atoms with Crippen molar-refractivity contribution in [2.75, 3.05) is 11.4 Å². The van der Waals surface area contributed by atoms with Gasteiger partial charge >= 0.3 is 0 Å². The highest BCUT2D eigenvalue weighted by Crippen LogP contribution is 2.25. The molecule has 0 aromatic heterocycles. The van der Waals surface area contributed by atoms with Crippen LogP contribution < -0.4 is 10.6 Å². The van der Waals surface area contributed by atoms with Gasteiger partial charge in [0.2, 0.25) is 5.91 Å². The molecule has 1 saturated heterocycles. The first-order chi connectivity index (χ1) is 8.11. The molecule has 3 N–H and O–H groups in total. The first-order valence-electron chi connectivity index (χ1n) is 5.46. The Morgan fingerprint density at radius 3 is 3.00 bits per heavy atom. The third kappa shape index (κ3) is 2.22. The molecular formula is C12H15N3O2. The Labute approximate surface area is 99.5 Å². The normalized spacial score (nSPS) is 21.0. The van der Waals surface area contributed by atoms with Gasteiger partial charge in [0.1, 0.15) is 5.84 Å². The van der Waals surface area contributed by atoms with Gasteiger partial charge in [-0.15, -0.1) is 0 Å². The van der Waals surface area contributed by atoms with E-state index < -0.39 is 0 Å². The molecule has 1 fully saturated rings. The zero-order valence-electron chi connectivity index (χ0n) is 9.63. The molecule has 0 radical (unpaired) electrons. The lowest BCUT2D eigenvalue weighted by atomic mass is 10.1. The molecule has 0 spiro atoms. The lowest BCUT2D eigenvalue weighted by Gasteiger charge is -2.16. The van der Waals surface area contributed by atoms with Crippen molar-refractivity contribution in [3.8, 4) is 0 Å². The summed E-state index contributed by atoms with van der Waals surface area (Å²) in [6, 6.07) is 7.73. The number of nitrogens with two attached hydrogens (primary N) is 1. The smallest absolute Gasteiger partial charge is 0.227 e. The van der Waals surface area contributed by atoms with E-state index in [0.717, 1.165) is 11.3 Å². The zero-order chi connectivity index (χ0) is 12.4. The van der Waals surface area contributed by atoms with Crippen molar-refractivity contribution in [1.82, 2.24) is 0 Å². The number of carbonyl (C=O) groups excluding carboxylic acids is 1. The van der Waals surface area contributed by atoms with Crippen LogP contribution >= 0.6 is 0 Å². The van der Waals surface area contributed by atoms with Crippen molar-refractivity contribution < 1.29 is 10.0 Å². The van der Waals surface area contributed by atoms with Crippen molar-refractivity contribution in [2.45, 2.75) is 13.3 Å². The van der Waals surface area contributed by atoms with E-state index in [9.17, 15) is 4.79 Å². The predicted molar refractivity (Wildman–Crippen MR) is 65.0 cm³/mol. The van der Waals surface area contributed by atoms with Crippen LogP contribution in [-0.4, -0.2) is 23.5 Å². The summed E-state index contributed by atoms with van der Waals surface area (Å²) in [4.78, 5) is 13.5. The molecule has 0 bridgehead atoms. The summed E-state index contributed by atoms with van der Waals surface area (Å²) in [6.07, 6.45) is 0.295. The molecule has 0 unspecified atom stereocenters. The summed E-state index contributed by atoms with van der Waals surface area (Å²) < 4.78 is 0. The number of rotatable bonds is 2. The third-order valence-electron chi connectivity index (χ3n) is 2.97. The molecule has 0 aliphatic carbocycles. The second kappa shape index (κ2) is 4.45. The molecule has 1 heterocycles. The van der Waals surface area contributed by atoms with Gasteiger partial charge in [0.15, 0.2) is 0 Å². The molecule has 1 aliphatic heterocycles. The van der Waals surface area contributed by atoms with E-state index in [2.05, 4.69) is 5.16 Å². The number of anilines is 1. The average molecular weight is 233 g/mol. The molecule has 5 nitrogen and oxygen atoms in total. The van der Waals surface area contributed by atoms with Crippen molar-refractivity contribution in [1.29, 1.82) is 0 Å². The number of carbonyl (C=O) groups is 1. The van der Waals surface area contributed by atoms with Gasteiger partial charge in [-0.25, -0.2) is 0 Å². The number of amides is 1. The number of hydrogen-bond donors (Lipinski definition) is 2. The highest BCUT2D eigenvalue weighted by Gasteiger charge is 2.33. The number of hydrogen-bond acceptors (Lipinski definition) is 3. The summed E-state index contributed by atoms with van der Waals surface area (Å²) >= 11 is 0. The zero-order valence-corrected chi connectivity index (χ0v) is 9.63. The molecule has 1 aliphatic rings. The highest BCUT2D eigenvalue weighted by atomic mass is 16.4. The van der Waals surface area contributed by atoms with E-state index in [-0.39, 0.29) is 17.7 Å². The Balaban J connectivity index is 2.21. The third-order valence-corrected chi connectivity index (χ3v) is 2.97. The first-order valence-corrected chi connectivity index (χ1v) is 5.46. The Kier molecular flexibility index (Phi) is 2.99. The summed E-state index contributed by atoms with van der Waals surface area (Å²) in [7, 11) is 0. The molecule has 90 valence electrons. The highest BCUT2D eigenvalue weighted by molar-refractivity contribution is 6.01. The van der Waals surface area contributed by atoms with Gasteiger partial charge < -0.3 is 15.8 Å². The van der Waals surface area contributed by atoms with Crippen molar-refractivity contribution in [2.24, 2.45) is 16.8 Å². The molecule has 17 heavy (non-hydrogen) atoms. The number of nitrogens with zero attached hydrogens (tertiary/aromatic N) is 2. The van der Waals surface area contributed by atoms with Gasteiger partial charge in [-0.05, 0) is 24.6 Å². The van der Waals surface area contributed by atoms with Crippen LogP contribution in [0.4, 0.5) is 5.69 Å². The SMILES string of the molecule is Cc1cccc(N2C[C@@H](/C(N)=N\O)CC2=O)c1. The van der Waals surface area contributed by atoms with Gasteiger partial charge in [0.25, 0.3) is 0 Å². The minimum atomic E-state index is -0.201. The predicted octanol–water partition coefficient (Wildman–Crippen LogP) is 1.09. The molecule has 1 amide bonds. The van der Waals surface area contributed by atoms with Crippen LogP contribution in [0.15, 0.2) is 29.4 Å². The Bertz CT molecular complexity index is 471. The van der Waals surface area contributed by atoms with E-state index in [1.54, 1.807) is 4.90 Å². The fourth-order valence-electron chi connectivity index (χ4n) is 2.03. The molecule has 1 aromatic carbocycles. The van der Waals surface area contributed by atoms with E-state index >= 15 is 0 Å². The Hall–Kier alpha value is -2.04. The second-order valence-electron chi connectivity index (χ2n) is 4.27. The number of amidine groups is 1. The minimum Gasteiger partial charge on any atom is -0.409 e. The van der Waals surface area contributed by atoms with Crippen molar-refractivity contribution >= 4 is 17.4 Å². The maximum Gasteiger partial charge on any atom is 0.227 e. The number of oxime groups is 1. The average Bonchev–Trinajstić information content (AvgIpc) is 2.70. The Morgan fingerprint density at radius 2 is 2.35 bits per heavy atom. The van der Waals surface area contributed by atoms with Gasteiger partial charge in [-0.3, -0.25) is 4.79 Å². The van der Waals surface area contributed by atoms with E-state index in [1.807, 2.05) is 31.2 Å². The van der Waals surface area contributed by atoms with Crippen LogP contribution in [0.2, 0.25) is 0 Å². The summed E-state index contributed by atoms with van der Waals surface area (Å²) in [5.41, 5.74) is 7.50. The van der Waals surface area contributed by atoms with Gasteiger partial charge in [0, 0.05) is 24.6 Å². The topological polar surface area (TPSA) is 78.9 Å². The van der Waals surface area contributed by atoms with Gasteiger partial charge in [-0.2, -0.15) is 0 Å². The van der Waals surface area contributed by atoms with Gasteiger partial charge in [-0.1, -0.05) is 17.3 Å². The quantitative estimate of drug-likeness (QED) is 0.347. The Morgan fingerprint density at radius 1 is 1.59 bits per heavy atom. The molecule has 2 rings (SSSR count). The maximum absolute atomic E-state index is 11.9. The molecule has 1 atom stereocenters. The van der Waals surface area contributed by atoms with Gasteiger partial charge in [0.05, 0.1) is 0 Å². The molecule has 0 saturated carbocycles. The molecule has 5 heteroatoms. The van der Waals surface area contributed by atoms with E-state index in [4.69, 9.17) is 10.9 Å². The van der Waals surface area contributed by atoms with Crippen LogP contribution in [-0.2, 0) is 4.79 Å². The van der Waals surface area contributed by atoms with Crippen LogP contribution in [0.25, 0.3) is 0 Å². The lowest BCUT2D eigenvalue weighted by Crippen LogP contribution is -2.28. The largest absolute Gasteiger partial charge is 0.409 e. The van der Waals surface area contributed by atoms with Crippen molar-refractivity contribution in [3.05, 3.63) is 29.8 Å². The van der Waals surface area contributed by atoms with Crippen LogP contribution in [0.1, 0.15) is 12.0 Å². The first kappa shape index (κ1) is 11.4. The summed E-state index contributed by atoms with van der Waals surface area (Å²) in [5, 5.41) is 11.6. The standard InChI is InChI=1S/C12H15N3O2/c1-8-3-2-4-10(5-8)15-7-9(6-11(15)16)12(13)14-17/h2-5,9,17H,6-7H2,1H3,(H2,13,14)/t9-/m0/s1. The van der Waals surface area contributed by atoms with Crippen molar-refractivity contribution in [3.63, 3.8) is 0 Å². The summed E-state index contributed by atoms with van der Waals surface area (Å²) in [5.74, 6) is -0.0753. The minimum absolute atomic E-state index is 0.00667. The number of benzene rings is 1. The fourth-order valence-corrected chi connectivity index (χ4v) is 2.03. The van der Waals surface area contributed by atoms with Crippen LogP contribution in [0.5, 0.6) is 0 Å². The maximum atomic E-state index is 11.9. The van der Waals surface area contributed by atoms with Crippen LogP contribution in [0.3, 0.4) is 0 Å². The number of aryl methyl sites for hydroxylation is 1. The van der Waals surface area contributed by atoms with E-state index in [0.29, 0.717) is 13.0 Å². The second-order valence-corrected chi connectivity index (χ2v) is 4.27. The molecular weight excluding hydrogens is 218 g/mol. The molecule has 1 aromatic rings. The monoisotopic (exact) mass is 233 g/mol.